The molecule has 3 heterocycles. The maximum atomic E-state index is 13.1. The Labute approximate surface area is 173 Å². The fourth-order valence-corrected chi connectivity index (χ4v) is 4.91. The highest BCUT2D eigenvalue weighted by Gasteiger charge is 2.32. The molecule has 0 spiro atoms. The van der Waals surface area contributed by atoms with E-state index in [1.165, 1.54) is 30.7 Å². The molecule has 0 radical (unpaired) electrons. The fraction of sp³-hybridized carbons (Fsp3) is 0.526. The Morgan fingerprint density at radius 2 is 2.07 bits per heavy atom. The van der Waals surface area contributed by atoms with E-state index in [1.54, 1.807) is 30.1 Å². The van der Waals surface area contributed by atoms with Crippen molar-refractivity contribution in [3.05, 3.63) is 40.2 Å². The Kier molecular flexibility index (Phi) is 5.81. The Morgan fingerprint density at radius 1 is 1.28 bits per heavy atom. The van der Waals surface area contributed by atoms with Gasteiger partial charge in [-0.05, 0) is 62.7 Å². The van der Waals surface area contributed by atoms with E-state index in [1.807, 2.05) is 4.90 Å². The van der Waals surface area contributed by atoms with E-state index in [2.05, 4.69) is 15.1 Å². The van der Waals surface area contributed by atoms with Gasteiger partial charge in [-0.3, -0.25) is 14.9 Å². The molecule has 0 aliphatic carbocycles. The number of amides is 1. The fourth-order valence-electron chi connectivity index (χ4n) is 4.06. The summed E-state index contributed by atoms with van der Waals surface area (Å²) in [6.07, 6.45) is 5.95. The van der Waals surface area contributed by atoms with Crippen LogP contribution in [0.2, 0.25) is 0 Å². The summed E-state index contributed by atoms with van der Waals surface area (Å²) < 4.78 is 1.70. The van der Waals surface area contributed by atoms with Crippen LogP contribution in [0.1, 0.15) is 36.0 Å². The number of carbonyl (C=O) groups excluding carboxylic acids is 1. The van der Waals surface area contributed by atoms with Crippen LogP contribution in [0.15, 0.2) is 34.6 Å². The van der Waals surface area contributed by atoms with Crippen LogP contribution in [-0.2, 0) is 7.05 Å². The summed E-state index contributed by atoms with van der Waals surface area (Å²) in [5.74, 6) is -0.120. The van der Waals surface area contributed by atoms with Gasteiger partial charge < -0.3 is 14.4 Å². The summed E-state index contributed by atoms with van der Waals surface area (Å²) in [7, 11) is 1.78. The normalized spacial score (nSPS) is 19.8. The first-order valence-corrected chi connectivity index (χ1v) is 10.7. The molecular weight excluding hydrogens is 392 g/mol. The van der Waals surface area contributed by atoms with Gasteiger partial charge in [-0.2, -0.15) is 0 Å². The number of nitro benzene ring substituents is 1. The number of aromatic nitrogens is 3. The first-order chi connectivity index (χ1) is 14.0. The third-order valence-electron chi connectivity index (χ3n) is 5.58. The molecule has 1 amide bonds. The van der Waals surface area contributed by atoms with Gasteiger partial charge >= 0.3 is 0 Å². The number of nitro groups is 1. The number of rotatable bonds is 6. The molecule has 2 aromatic rings. The van der Waals surface area contributed by atoms with Crippen molar-refractivity contribution in [2.45, 2.75) is 41.8 Å². The average Bonchev–Trinajstić information content (AvgIpc) is 3.46. The molecule has 2 fully saturated rings. The predicted molar refractivity (Wildman–Crippen MR) is 108 cm³/mol. The van der Waals surface area contributed by atoms with Crippen molar-refractivity contribution in [1.29, 1.82) is 0 Å². The van der Waals surface area contributed by atoms with Gasteiger partial charge in [0, 0.05) is 37.8 Å². The second-order valence-electron chi connectivity index (χ2n) is 7.57. The molecule has 2 saturated heterocycles. The Balaban J connectivity index is 1.54. The van der Waals surface area contributed by atoms with Crippen LogP contribution in [0.25, 0.3) is 0 Å². The quantitative estimate of drug-likeness (QED) is 0.527. The summed E-state index contributed by atoms with van der Waals surface area (Å²) in [6, 6.07) is 4.90. The van der Waals surface area contributed by atoms with Crippen LogP contribution < -0.4 is 0 Å². The lowest BCUT2D eigenvalue weighted by atomic mass is 10.1. The molecule has 9 nitrogen and oxygen atoms in total. The molecular formula is C19H24N6O3S. The maximum Gasteiger partial charge on any atom is 0.284 e. The molecule has 0 bridgehead atoms. The Hall–Kier alpha value is -2.46. The van der Waals surface area contributed by atoms with Crippen molar-refractivity contribution in [3.63, 3.8) is 0 Å². The van der Waals surface area contributed by atoms with Gasteiger partial charge in [0.1, 0.15) is 6.33 Å². The van der Waals surface area contributed by atoms with E-state index in [4.69, 9.17) is 0 Å². The smallest absolute Gasteiger partial charge is 0.284 e. The number of hydrogen-bond donors (Lipinski definition) is 0. The summed E-state index contributed by atoms with van der Waals surface area (Å²) >= 11 is 1.17. The van der Waals surface area contributed by atoms with Gasteiger partial charge in [0.25, 0.3) is 11.6 Å². The molecule has 0 N–H and O–H groups in total. The van der Waals surface area contributed by atoms with Gasteiger partial charge in [-0.25, -0.2) is 0 Å². The van der Waals surface area contributed by atoms with Gasteiger partial charge in [-0.1, -0.05) is 0 Å². The minimum atomic E-state index is -0.443. The first-order valence-electron chi connectivity index (χ1n) is 9.86. The predicted octanol–water partition coefficient (Wildman–Crippen LogP) is 2.57. The number of benzene rings is 1. The molecule has 1 aromatic carbocycles. The molecule has 0 saturated carbocycles. The van der Waals surface area contributed by atoms with Crippen molar-refractivity contribution in [2.24, 2.45) is 7.05 Å². The minimum absolute atomic E-state index is 0.0841. The average molecular weight is 417 g/mol. The lowest BCUT2D eigenvalue weighted by molar-refractivity contribution is -0.387. The van der Waals surface area contributed by atoms with Crippen LogP contribution in [0.3, 0.4) is 0 Å². The van der Waals surface area contributed by atoms with Gasteiger partial charge in [-0.15, -0.1) is 10.2 Å². The van der Waals surface area contributed by atoms with Gasteiger partial charge in [0.05, 0.1) is 9.82 Å². The van der Waals surface area contributed by atoms with Crippen LogP contribution in [-0.4, -0.2) is 67.6 Å². The molecule has 10 heteroatoms. The van der Waals surface area contributed by atoms with E-state index >= 15 is 0 Å². The maximum absolute atomic E-state index is 13.1. The van der Waals surface area contributed by atoms with Crippen LogP contribution in [0.4, 0.5) is 5.69 Å². The third-order valence-corrected chi connectivity index (χ3v) is 6.70. The zero-order valence-corrected chi connectivity index (χ0v) is 17.2. The summed E-state index contributed by atoms with van der Waals surface area (Å²) in [5, 5.41) is 20.0. The van der Waals surface area contributed by atoms with E-state index in [0.29, 0.717) is 22.2 Å². The highest BCUT2D eigenvalue weighted by atomic mass is 32.2. The molecule has 1 unspecified atom stereocenters. The first kappa shape index (κ1) is 19.8. The highest BCUT2D eigenvalue weighted by molar-refractivity contribution is 7.99. The van der Waals surface area contributed by atoms with E-state index in [0.717, 1.165) is 32.5 Å². The number of nitrogens with zero attached hydrogens (tertiary/aromatic N) is 6. The lowest BCUT2D eigenvalue weighted by Crippen LogP contribution is -2.42. The van der Waals surface area contributed by atoms with Crippen molar-refractivity contribution in [2.75, 3.05) is 26.2 Å². The Bertz CT molecular complexity index is 911. The zero-order valence-electron chi connectivity index (χ0n) is 16.4. The second kappa shape index (κ2) is 8.50. The molecule has 29 heavy (non-hydrogen) atoms. The van der Waals surface area contributed by atoms with Gasteiger partial charge in [0.15, 0.2) is 5.16 Å². The molecule has 1 atom stereocenters. The monoisotopic (exact) mass is 416 g/mol. The van der Waals surface area contributed by atoms with Crippen molar-refractivity contribution >= 4 is 23.4 Å². The van der Waals surface area contributed by atoms with Crippen LogP contribution >= 0.6 is 11.8 Å². The number of hydrogen-bond acceptors (Lipinski definition) is 7. The number of likely N-dealkylation sites (tertiary alicyclic amines) is 2. The largest absolute Gasteiger partial charge is 0.334 e. The second-order valence-corrected chi connectivity index (χ2v) is 8.58. The molecule has 4 rings (SSSR count). The van der Waals surface area contributed by atoms with Crippen molar-refractivity contribution < 1.29 is 9.72 Å². The SMILES string of the molecule is Cn1cnnc1Sc1ccc(C(=O)N2CCCC2CN2CCCC2)cc1[N+](=O)[O-]. The van der Waals surface area contributed by atoms with E-state index < -0.39 is 4.92 Å². The topological polar surface area (TPSA) is 97.4 Å². The van der Waals surface area contributed by atoms with Gasteiger partial charge in [0.2, 0.25) is 0 Å². The summed E-state index contributed by atoms with van der Waals surface area (Å²) in [4.78, 5) is 29.1. The standard InChI is InChI=1S/C19H24N6O3S/c1-22-13-20-21-19(22)29-17-7-6-14(11-16(17)25(27)28)18(26)24-10-4-5-15(24)12-23-8-2-3-9-23/h6-7,11,13,15H,2-5,8-10,12H2,1H3. The van der Waals surface area contributed by atoms with Crippen LogP contribution in [0, 0.1) is 10.1 Å². The molecule has 2 aliphatic heterocycles. The highest BCUT2D eigenvalue weighted by Crippen LogP contribution is 2.35. The molecule has 1 aromatic heterocycles. The summed E-state index contributed by atoms with van der Waals surface area (Å²) in [6.45, 7) is 3.80. The Morgan fingerprint density at radius 3 is 2.76 bits per heavy atom. The van der Waals surface area contributed by atoms with Crippen LogP contribution in [0.5, 0.6) is 0 Å². The summed E-state index contributed by atoms with van der Waals surface area (Å²) in [5.41, 5.74) is 0.284. The van der Waals surface area contributed by atoms with E-state index in [9.17, 15) is 14.9 Å². The van der Waals surface area contributed by atoms with Crippen molar-refractivity contribution in [3.8, 4) is 0 Å². The van der Waals surface area contributed by atoms with Crippen molar-refractivity contribution in [1.82, 2.24) is 24.6 Å². The third kappa shape index (κ3) is 4.27. The molecule has 2 aliphatic rings. The minimum Gasteiger partial charge on any atom is -0.334 e. The number of aryl methyl sites for hydroxylation is 1. The zero-order chi connectivity index (χ0) is 20.4. The lowest BCUT2D eigenvalue weighted by Gasteiger charge is -2.28. The molecule has 154 valence electrons. The van der Waals surface area contributed by atoms with E-state index in [-0.39, 0.29) is 17.6 Å². The number of carbonyl (C=O) groups is 1.